The molecule has 7 heteroatoms. The van der Waals surface area contributed by atoms with Gasteiger partial charge in [-0.05, 0) is 18.2 Å². The van der Waals surface area contributed by atoms with Crippen molar-refractivity contribution in [1.29, 1.82) is 0 Å². The molecular weight excluding hydrogens is 386 g/mol. The van der Waals surface area contributed by atoms with Crippen LogP contribution in [-0.4, -0.2) is 34.3 Å². The number of amides is 1. The van der Waals surface area contributed by atoms with Crippen LogP contribution in [0.25, 0.3) is 0 Å². The van der Waals surface area contributed by atoms with Crippen LogP contribution in [0.15, 0.2) is 52.9 Å². The van der Waals surface area contributed by atoms with Crippen molar-refractivity contribution in [3.63, 3.8) is 0 Å². The average Bonchev–Trinajstić information content (AvgIpc) is 3.26. The van der Waals surface area contributed by atoms with Gasteiger partial charge in [-0.1, -0.05) is 18.2 Å². The van der Waals surface area contributed by atoms with Crippen LogP contribution in [0.1, 0.15) is 27.4 Å². The Labute approximate surface area is 175 Å². The van der Waals surface area contributed by atoms with Gasteiger partial charge in [0.25, 0.3) is 5.91 Å². The number of furan rings is 1. The molecule has 0 spiro atoms. The lowest BCUT2D eigenvalue weighted by atomic mass is 10.1. The monoisotopic (exact) mass is 411 g/mol. The SMILES string of the molecule is COc1cc(OC)c(Cc2ccc(C(=O)NCc3ccccc3OC)o2)c(OC)c1. The first kappa shape index (κ1) is 21.1. The Hall–Kier alpha value is -3.61. The van der Waals surface area contributed by atoms with Crippen LogP contribution in [0.3, 0.4) is 0 Å². The molecule has 3 rings (SSSR count). The maximum atomic E-state index is 12.5. The maximum Gasteiger partial charge on any atom is 0.287 e. The number of rotatable bonds is 9. The van der Waals surface area contributed by atoms with Gasteiger partial charge in [-0.15, -0.1) is 0 Å². The second-order valence-electron chi connectivity index (χ2n) is 6.45. The summed E-state index contributed by atoms with van der Waals surface area (Å²) in [4.78, 5) is 12.5. The van der Waals surface area contributed by atoms with Crippen molar-refractivity contribution in [3.8, 4) is 23.0 Å². The Kier molecular flexibility index (Phi) is 6.85. The normalized spacial score (nSPS) is 10.4. The van der Waals surface area contributed by atoms with Crippen LogP contribution in [0.2, 0.25) is 0 Å². The summed E-state index contributed by atoms with van der Waals surface area (Å²) in [6.45, 7) is 0.332. The van der Waals surface area contributed by atoms with Crippen LogP contribution < -0.4 is 24.3 Å². The quantitative estimate of drug-likeness (QED) is 0.576. The molecule has 7 nitrogen and oxygen atoms in total. The second kappa shape index (κ2) is 9.73. The molecule has 3 aromatic rings. The Balaban J connectivity index is 1.73. The fraction of sp³-hybridized carbons (Fsp3) is 0.261. The molecule has 0 bridgehead atoms. The van der Waals surface area contributed by atoms with E-state index in [1.807, 2.05) is 24.3 Å². The Bertz CT molecular complexity index is 985. The van der Waals surface area contributed by atoms with Crippen molar-refractivity contribution in [2.45, 2.75) is 13.0 Å². The van der Waals surface area contributed by atoms with Crippen molar-refractivity contribution in [2.75, 3.05) is 28.4 Å². The van der Waals surface area contributed by atoms with Gasteiger partial charge < -0.3 is 28.7 Å². The number of hydrogen-bond acceptors (Lipinski definition) is 6. The molecule has 1 N–H and O–H groups in total. The highest BCUT2D eigenvalue weighted by Crippen LogP contribution is 2.35. The molecular formula is C23H25NO6. The largest absolute Gasteiger partial charge is 0.496 e. The van der Waals surface area contributed by atoms with Gasteiger partial charge in [-0.2, -0.15) is 0 Å². The van der Waals surface area contributed by atoms with Crippen LogP contribution >= 0.6 is 0 Å². The molecule has 0 radical (unpaired) electrons. The van der Waals surface area contributed by atoms with E-state index in [0.29, 0.717) is 36.0 Å². The number of benzene rings is 2. The molecule has 2 aromatic carbocycles. The summed E-state index contributed by atoms with van der Waals surface area (Å²) in [5, 5.41) is 2.85. The van der Waals surface area contributed by atoms with Crippen LogP contribution in [-0.2, 0) is 13.0 Å². The van der Waals surface area contributed by atoms with Gasteiger partial charge in [-0.25, -0.2) is 0 Å². The third-order valence-corrected chi connectivity index (χ3v) is 4.69. The van der Waals surface area contributed by atoms with Crippen molar-refractivity contribution in [1.82, 2.24) is 5.32 Å². The van der Waals surface area contributed by atoms with E-state index in [2.05, 4.69) is 5.32 Å². The molecule has 1 aromatic heterocycles. The van der Waals surface area contributed by atoms with Gasteiger partial charge in [0, 0.05) is 36.2 Å². The fourth-order valence-corrected chi connectivity index (χ4v) is 3.13. The summed E-state index contributed by atoms with van der Waals surface area (Å²) in [5.74, 6) is 3.11. The number of ether oxygens (including phenoxy) is 4. The van der Waals surface area contributed by atoms with Crippen LogP contribution in [0.4, 0.5) is 0 Å². The Morgan fingerprint density at radius 3 is 2.17 bits per heavy atom. The molecule has 0 aliphatic carbocycles. The molecule has 30 heavy (non-hydrogen) atoms. The standard InChI is InChI=1S/C23H25NO6/c1-26-17-12-21(28-3)18(22(13-17)29-4)11-16-9-10-20(30-16)23(25)24-14-15-7-5-6-8-19(15)27-2/h5-10,12-13H,11,14H2,1-4H3,(H,24,25). The van der Waals surface area contributed by atoms with Crippen molar-refractivity contribution in [2.24, 2.45) is 0 Å². The fourth-order valence-electron chi connectivity index (χ4n) is 3.13. The highest BCUT2D eigenvalue weighted by molar-refractivity contribution is 5.91. The lowest BCUT2D eigenvalue weighted by molar-refractivity contribution is 0.0921. The number of hydrogen-bond donors (Lipinski definition) is 1. The summed E-state index contributed by atoms with van der Waals surface area (Å²) < 4.78 is 27.3. The van der Waals surface area contributed by atoms with Gasteiger partial charge in [-0.3, -0.25) is 4.79 Å². The Morgan fingerprint density at radius 2 is 1.53 bits per heavy atom. The lowest BCUT2D eigenvalue weighted by Gasteiger charge is -2.14. The first-order valence-corrected chi connectivity index (χ1v) is 9.37. The Morgan fingerprint density at radius 1 is 0.867 bits per heavy atom. The molecule has 0 unspecified atom stereocenters. The van der Waals surface area contributed by atoms with Gasteiger partial charge in [0.2, 0.25) is 0 Å². The van der Waals surface area contributed by atoms with Crippen LogP contribution in [0, 0.1) is 0 Å². The zero-order chi connectivity index (χ0) is 21.5. The van der Waals surface area contributed by atoms with Crippen molar-refractivity contribution in [3.05, 3.63) is 71.2 Å². The number of carbonyl (C=O) groups is 1. The average molecular weight is 411 g/mol. The van der Waals surface area contributed by atoms with E-state index >= 15 is 0 Å². The minimum Gasteiger partial charge on any atom is -0.496 e. The van der Waals surface area contributed by atoms with Crippen molar-refractivity contribution < 1.29 is 28.2 Å². The summed E-state index contributed by atoms with van der Waals surface area (Å²) in [6.07, 6.45) is 0.399. The minimum atomic E-state index is -0.305. The summed E-state index contributed by atoms with van der Waals surface area (Å²) >= 11 is 0. The van der Waals surface area contributed by atoms with E-state index in [1.165, 1.54) is 0 Å². The highest BCUT2D eigenvalue weighted by Gasteiger charge is 2.17. The van der Waals surface area contributed by atoms with E-state index < -0.39 is 0 Å². The number of para-hydroxylation sites is 1. The van der Waals surface area contributed by atoms with E-state index in [0.717, 1.165) is 16.9 Å². The molecule has 0 atom stereocenters. The van der Waals surface area contributed by atoms with Gasteiger partial charge >= 0.3 is 0 Å². The zero-order valence-corrected chi connectivity index (χ0v) is 17.5. The molecule has 0 aliphatic rings. The number of methoxy groups -OCH3 is 4. The summed E-state index contributed by atoms with van der Waals surface area (Å²) in [6, 6.07) is 14.5. The van der Waals surface area contributed by atoms with E-state index in [1.54, 1.807) is 52.7 Å². The molecule has 158 valence electrons. The van der Waals surface area contributed by atoms with Crippen molar-refractivity contribution >= 4 is 5.91 Å². The topological polar surface area (TPSA) is 79.2 Å². The predicted molar refractivity (Wildman–Crippen MR) is 112 cm³/mol. The minimum absolute atomic E-state index is 0.228. The summed E-state index contributed by atoms with van der Waals surface area (Å²) in [5.41, 5.74) is 1.68. The van der Waals surface area contributed by atoms with E-state index in [-0.39, 0.29) is 11.7 Å². The highest BCUT2D eigenvalue weighted by atomic mass is 16.5. The summed E-state index contributed by atoms with van der Waals surface area (Å²) in [7, 11) is 6.34. The first-order chi connectivity index (χ1) is 14.6. The first-order valence-electron chi connectivity index (χ1n) is 9.37. The molecule has 0 aliphatic heterocycles. The van der Waals surface area contributed by atoms with E-state index in [9.17, 15) is 4.79 Å². The third kappa shape index (κ3) is 4.68. The van der Waals surface area contributed by atoms with Gasteiger partial charge in [0.1, 0.15) is 28.8 Å². The molecule has 1 amide bonds. The van der Waals surface area contributed by atoms with Crippen LogP contribution in [0.5, 0.6) is 23.0 Å². The number of nitrogens with one attached hydrogen (secondary N) is 1. The molecule has 1 heterocycles. The van der Waals surface area contributed by atoms with Gasteiger partial charge in [0.05, 0.1) is 28.4 Å². The second-order valence-corrected chi connectivity index (χ2v) is 6.45. The zero-order valence-electron chi connectivity index (χ0n) is 17.5. The number of carbonyl (C=O) groups excluding carboxylic acids is 1. The van der Waals surface area contributed by atoms with Gasteiger partial charge in [0.15, 0.2) is 5.76 Å². The maximum absolute atomic E-state index is 12.5. The molecule has 0 fully saturated rings. The predicted octanol–water partition coefficient (Wildman–Crippen LogP) is 3.83. The van der Waals surface area contributed by atoms with E-state index in [4.69, 9.17) is 23.4 Å². The lowest BCUT2D eigenvalue weighted by Crippen LogP contribution is -2.22. The third-order valence-electron chi connectivity index (χ3n) is 4.69. The smallest absolute Gasteiger partial charge is 0.287 e. The molecule has 0 saturated heterocycles. The molecule has 0 saturated carbocycles.